The van der Waals surface area contributed by atoms with Crippen LogP contribution in [0, 0.1) is 0 Å². The standard InChI is InChI=1S/2C14H13N2O3.Ni/c2*15-13(12-10(17)7-4-8-11(12)18)16-14(19)9-5-2-1-3-6-9;/h2*1-3,5-6H,4,7-8H2,(H2-,15,16,17,18,19);/q2*-1;+2. The van der Waals surface area contributed by atoms with Crippen LogP contribution in [0.3, 0.4) is 0 Å². The number of carbonyl (C=O) groups is 4. The minimum atomic E-state index is -0.587. The van der Waals surface area contributed by atoms with Gasteiger partial charge in [0.1, 0.15) is 11.5 Å². The number of hydrogen-bond acceptors (Lipinski definition) is 6. The first-order valence-electron chi connectivity index (χ1n) is 11.9. The second kappa shape index (κ2) is 14.5. The average molecular weight is 573 g/mol. The number of Topliss-reactive ketones (excluding diaryl/α,β-unsaturated/α-hetero) is 2. The molecule has 0 radical (unpaired) electrons. The van der Waals surface area contributed by atoms with Gasteiger partial charge in [0, 0.05) is 36.8 Å². The molecule has 2 aromatic carbocycles. The van der Waals surface area contributed by atoms with Crippen molar-refractivity contribution in [1.82, 2.24) is 10.6 Å². The Balaban J connectivity index is 0.000000267. The van der Waals surface area contributed by atoms with Crippen molar-refractivity contribution in [3.8, 4) is 0 Å². The van der Waals surface area contributed by atoms with Crippen LogP contribution in [0.4, 0.5) is 0 Å². The van der Waals surface area contributed by atoms with Crippen molar-refractivity contribution in [2.45, 2.75) is 38.5 Å². The van der Waals surface area contributed by atoms with Gasteiger partial charge in [-0.1, -0.05) is 60.7 Å². The normalized spacial score (nSPS) is 14.9. The van der Waals surface area contributed by atoms with Gasteiger partial charge in [0.15, 0.2) is 23.4 Å². The van der Waals surface area contributed by atoms with Crippen LogP contribution in [0.15, 0.2) is 83.3 Å². The van der Waals surface area contributed by atoms with E-state index in [1.807, 2.05) is 0 Å². The third-order valence-corrected chi connectivity index (χ3v) is 5.78. The number of rotatable bonds is 4. The zero-order valence-electron chi connectivity index (χ0n) is 20.8. The summed E-state index contributed by atoms with van der Waals surface area (Å²) in [6.45, 7) is 0. The van der Waals surface area contributed by atoms with Gasteiger partial charge in [0.2, 0.25) is 0 Å². The fourth-order valence-electron chi connectivity index (χ4n) is 3.86. The van der Waals surface area contributed by atoms with Crippen molar-refractivity contribution in [3.63, 3.8) is 0 Å². The fourth-order valence-corrected chi connectivity index (χ4v) is 3.86. The first-order chi connectivity index (χ1) is 18.2. The molecule has 39 heavy (non-hydrogen) atoms. The Bertz CT molecular complexity index is 1230. The van der Waals surface area contributed by atoms with Crippen molar-refractivity contribution in [2.24, 2.45) is 0 Å². The molecule has 0 aromatic heterocycles. The van der Waals surface area contributed by atoms with Gasteiger partial charge < -0.3 is 31.7 Å². The number of aliphatic hydroxyl groups excluding tert-OH is 2. The Morgan fingerprint density at radius 1 is 0.615 bits per heavy atom. The maximum Gasteiger partial charge on any atom is 2.00 e. The summed E-state index contributed by atoms with van der Waals surface area (Å²) in [4.78, 5) is 46.8. The summed E-state index contributed by atoms with van der Waals surface area (Å²) < 4.78 is 0. The van der Waals surface area contributed by atoms with E-state index in [0.717, 1.165) is 0 Å². The monoisotopic (exact) mass is 572 g/mol. The van der Waals surface area contributed by atoms with Crippen molar-refractivity contribution < 1.29 is 45.9 Å². The number of nitrogens with zero attached hydrogens (tertiary/aromatic N) is 2. The van der Waals surface area contributed by atoms with E-state index in [9.17, 15) is 40.2 Å². The molecule has 4 rings (SSSR count). The number of hydrogen-bond donors (Lipinski definition) is 4. The molecule has 0 heterocycles. The van der Waals surface area contributed by atoms with Crippen molar-refractivity contribution >= 4 is 35.1 Å². The van der Waals surface area contributed by atoms with Gasteiger partial charge in [-0.15, -0.1) is 0 Å². The molecule has 10 nitrogen and oxygen atoms in total. The first-order valence-corrected chi connectivity index (χ1v) is 11.9. The third-order valence-electron chi connectivity index (χ3n) is 5.78. The van der Waals surface area contributed by atoms with E-state index in [-0.39, 0.29) is 63.6 Å². The molecule has 2 aromatic rings. The van der Waals surface area contributed by atoms with Crippen molar-refractivity contribution in [1.29, 1.82) is 0 Å². The summed E-state index contributed by atoms with van der Waals surface area (Å²) in [5.41, 5.74) is 0.348. The molecule has 0 aliphatic heterocycles. The molecule has 2 aliphatic rings. The van der Waals surface area contributed by atoms with E-state index >= 15 is 0 Å². The van der Waals surface area contributed by atoms with E-state index in [0.29, 0.717) is 36.8 Å². The molecule has 0 saturated carbocycles. The van der Waals surface area contributed by atoms with E-state index < -0.39 is 23.5 Å². The Morgan fingerprint density at radius 3 is 1.26 bits per heavy atom. The summed E-state index contributed by atoms with van der Waals surface area (Å²) in [6, 6.07) is 16.6. The molecule has 0 unspecified atom stereocenters. The number of nitrogens with one attached hydrogen (secondary N) is 2. The molecule has 11 heteroatoms. The maximum absolute atomic E-state index is 11.8. The number of aliphatic hydroxyl groups is 2. The molecule has 204 valence electrons. The van der Waals surface area contributed by atoms with Gasteiger partial charge in [0.05, 0.1) is 11.1 Å². The predicted octanol–water partition coefficient (Wildman–Crippen LogP) is 3.90. The smallest absolute Gasteiger partial charge is 0.512 e. The van der Waals surface area contributed by atoms with Crippen LogP contribution in [0.2, 0.25) is 0 Å². The van der Waals surface area contributed by atoms with Gasteiger partial charge in [-0.3, -0.25) is 19.2 Å². The van der Waals surface area contributed by atoms with E-state index in [1.165, 1.54) is 0 Å². The predicted molar refractivity (Wildman–Crippen MR) is 142 cm³/mol. The molecule has 0 bridgehead atoms. The molecule has 0 spiro atoms. The SMILES string of the molecule is [N-]=C(NC(=O)c1ccccc1)C1=C(O)CCCC1=O.[N-]=C(NC(=O)c1ccccc1)C1=C(O)CCCC1=O.[Ni+2]. The second-order valence-corrected chi connectivity index (χ2v) is 8.53. The summed E-state index contributed by atoms with van der Waals surface area (Å²) in [5.74, 6) is -3.32. The van der Waals surface area contributed by atoms with Crippen LogP contribution in [-0.2, 0) is 26.1 Å². The summed E-state index contributed by atoms with van der Waals surface area (Å²) in [7, 11) is 0. The topological polar surface area (TPSA) is 177 Å². The van der Waals surface area contributed by atoms with Gasteiger partial charge in [-0.25, -0.2) is 0 Å². The van der Waals surface area contributed by atoms with E-state index in [4.69, 9.17) is 0 Å². The number of carbonyl (C=O) groups excluding carboxylic acids is 4. The Morgan fingerprint density at radius 2 is 0.949 bits per heavy atom. The Labute approximate surface area is 235 Å². The van der Waals surface area contributed by atoms with Gasteiger partial charge in [-0.05, 0) is 24.5 Å². The number of benzene rings is 2. The molecular weight excluding hydrogens is 547 g/mol. The average Bonchev–Trinajstić information content (AvgIpc) is 2.90. The molecule has 4 N–H and O–H groups in total. The Kier molecular flexibility index (Phi) is 11.5. The molecule has 2 amide bonds. The quantitative estimate of drug-likeness (QED) is 0.245. The fraction of sp³-hybridized carbons (Fsp3) is 0.214. The molecular formula is C28H26N4NiO6. The van der Waals surface area contributed by atoms with E-state index in [1.54, 1.807) is 60.7 Å². The maximum atomic E-state index is 11.8. The van der Waals surface area contributed by atoms with Crippen LogP contribution in [0.5, 0.6) is 0 Å². The minimum Gasteiger partial charge on any atom is -0.512 e. The van der Waals surface area contributed by atoms with Gasteiger partial charge in [-0.2, -0.15) is 0 Å². The number of amides is 2. The minimum absolute atomic E-state index is 0. The van der Waals surface area contributed by atoms with Crippen LogP contribution in [0.1, 0.15) is 59.2 Å². The largest absolute Gasteiger partial charge is 2.00 e. The number of allylic oxidation sites excluding steroid dienone is 2. The molecule has 0 fully saturated rings. The number of amidine groups is 2. The first kappa shape index (κ1) is 30.9. The molecule has 0 atom stereocenters. The van der Waals surface area contributed by atoms with Crippen LogP contribution in [0.25, 0.3) is 10.8 Å². The van der Waals surface area contributed by atoms with Crippen LogP contribution in [-0.4, -0.2) is 45.3 Å². The summed E-state index contributed by atoms with van der Waals surface area (Å²) in [5, 5.41) is 43.3. The van der Waals surface area contributed by atoms with Crippen LogP contribution < -0.4 is 10.6 Å². The van der Waals surface area contributed by atoms with E-state index in [2.05, 4.69) is 10.6 Å². The number of ketones is 2. The second-order valence-electron chi connectivity index (χ2n) is 8.53. The van der Waals surface area contributed by atoms with Crippen molar-refractivity contribution in [2.75, 3.05) is 0 Å². The molecule has 2 aliphatic carbocycles. The summed E-state index contributed by atoms with van der Waals surface area (Å²) >= 11 is 0. The zero-order chi connectivity index (χ0) is 27.7. The van der Waals surface area contributed by atoms with Gasteiger partial charge >= 0.3 is 16.5 Å². The zero-order valence-corrected chi connectivity index (χ0v) is 21.7. The van der Waals surface area contributed by atoms with Crippen molar-refractivity contribution in [3.05, 3.63) is 105 Å². The van der Waals surface area contributed by atoms with Crippen LogP contribution >= 0.6 is 0 Å². The molecule has 0 saturated heterocycles. The van der Waals surface area contributed by atoms with Gasteiger partial charge in [0.25, 0.3) is 0 Å². The summed E-state index contributed by atoms with van der Waals surface area (Å²) in [6.07, 6.45) is 2.26. The Hall–Kier alpha value is -4.37. The third kappa shape index (κ3) is 8.31.